The second-order valence-electron chi connectivity index (χ2n) is 5.66. The molecule has 0 amide bonds. The van der Waals surface area contributed by atoms with E-state index in [1.165, 1.54) is 0 Å². The Morgan fingerprint density at radius 2 is 2.18 bits per heavy atom. The maximum Gasteiger partial charge on any atom is 0.227 e. The van der Waals surface area contributed by atoms with Gasteiger partial charge in [0.15, 0.2) is 9.84 Å². The first-order valence-corrected chi connectivity index (χ1v) is 9.54. The molecule has 1 aromatic heterocycles. The largest absolute Gasteiger partial charge is 0.378 e. The molecule has 3 rings (SSSR count). The van der Waals surface area contributed by atoms with Gasteiger partial charge in [0, 0.05) is 31.9 Å². The average Bonchev–Trinajstić information content (AvgIpc) is 2.89. The van der Waals surface area contributed by atoms with Gasteiger partial charge in [-0.15, -0.1) is 0 Å². The normalized spacial score (nSPS) is 24.4. The highest BCUT2D eigenvalue weighted by Gasteiger charge is 2.33. The van der Waals surface area contributed by atoms with E-state index in [-0.39, 0.29) is 17.5 Å². The Kier molecular flexibility index (Phi) is 4.49. The zero-order chi connectivity index (χ0) is 15.6. The van der Waals surface area contributed by atoms with Crippen LogP contribution in [0.2, 0.25) is 0 Å². The van der Waals surface area contributed by atoms with Crippen LogP contribution in [0.3, 0.4) is 0 Å². The van der Waals surface area contributed by atoms with Crippen molar-refractivity contribution in [1.82, 2.24) is 9.97 Å². The fraction of sp³-hybridized carbons (Fsp3) is 0.714. The maximum absolute atomic E-state index is 11.7. The Balaban J connectivity index is 1.80. The lowest BCUT2D eigenvalue weighted by atomic mass is 10.2. The molecule has 22 heavy (non-hydrogen) atoms. The molecule has 7 nitrogen and oxygen atoms in total. The highest BCUT2D eigenvalue weighted by atomic mass is 32.2. The molecule has 2 aliphatic heterocycles. The lowest BCUT2D eigenvalue weighted by molar-refractivity contribution is 0.122. The SMILES string of the molecule is CCN(c1nccc(N2CCOCC2)n1)C1CCS(=O)(=O)C1. The molecule has 0 radical (unpaired) electrons. The molecule has 2 saturated heterocycles. The molecule has 0 aromatic carbocycles. The molecule has 8 heteroatoms. The van der Waals surface area contributed by atoms with Crippen LogP contribution in [0.1, 0.15) is 13.3 Å². The van der Waals surface area contributed by atoms with Crippen molar-refractivity contribution in [3.8, 4) is 0 Å². The van der Waals surface area contributed by atoms with Crippen molar-refractivity contribution in [3.63, 3.8) is 0 Å². The van der Waals surface area contributed by atoms with Gasteiger partial charge >= 0.3 is 0 Å². The van der Waals surface area contributed by atoms with Gasteiger partial charge in [0.25, 0.3) is 0 Å². The van der Waals surface area contributed by atoms with E-state index in [4.69, 9.17) is 4.74 Å². The third kappa shape index (κ3) is 3.33. The molecule has 1 unspecified atom stereocenters. The van der Waals surface area contributed by atoms with Crippen LogP contribution in [0, 0.1) is 0 Å². The van der Waals surface area contributed by atoms with Crippen LogP contribution in [-0.2, 0) is 14.6 Å². The fourth-order valence-corrected chi connectivity index (χ4v) is 4.76. The summed E-state index contributed by atoms with van der Waals surface area (Å²) in [5.74, 6) is 1.96. The first-order chi connectivity index (χ1) is 10.6. The van der Waals surface area contributed by atoms with E-state index in [0.717, 1.165) is 18.9 Å². The Morgan fingerprint density at radius 3 is 2.82 bits per heavy atom. The molecule has 0 saturated carbocycles. The molecule has 0 N–H and O–H groups in total. The van der Waals surface area contributed by atoms with Crippen LogP contribution in [0.4, 0.5) is 11.8 Å². The highest BCUT2D eigenvalue weighted by molar-refractivity contribution is 7.91. The molecule has 0 spiro atoms. The van der Waals surface area contributed by atoms with Crippen LogP contribution >= 0.6 is 0 Å². The topological polar surface area (TPSA) is 75.6 Å². The monoisotopic (exact) mass is 326 g/mol. The van der Waals surface area contributed by atoms with Crippen LogP contribution in [-0.4, -0.2) is 68.8 Å². The number of morpholine rings is 1. The quantitative estimate of drug-likeness (QED) is 0.789. The maximum atomic E-state index is 11.7. The molecule has 1 aromatic rings. The Bertz CT molecular complexity index is 616. The second-order valence-corrected chi connectivity index (χ2v) is 7.89. The summed E-state index contributed by atoms with van der Waals surface area (Å²) < 4.78 is 28.8. The fourth-order valence-electron chi connectivity index (χ4n) is 3.03. The molecular formula is C14H22N4O3S. The van der Waals surface area contributed by atoms with Gasteiger partial charge in [-0.05, 0) is 19.4 Å². The van der Waals surface area contributed by atoms with Crippen molar-refractivity contribution in [2.75, 3.05) is 54.2 Å². The number of sulfone groups is 1. The second kappa shape index (κ2) is 6.37. The molecule has 1 atom stereocenters. The number of hydrogen-bond acceptors (Lipinski definition) is 7. The van der Waals surface area contributed by atoms with E-state index >= 15 is 0 Å². The minimum Gasteiger partial charge on any atom is -0.378 e. The van der Waals surface area contributed by atoms with Gasteiger partial charge in [0.2, 0.25) is 5.95 Å². The van der Waals surface area contributed by atoms with Gasteiger partial charge in [0.05, 0.1) is 24.7 Å². The van der Waals surface area contributed by atoms with E-state index in [1.54, 1.807) is 6.20 Å². The van der Waals surface area contributed by atoms with Crippen molar-refractivity contribution < 1.29 is 13.2 Å². The zero-order valence-corrected chi connectivity index (χ0v) is 13.6. The molecule has 0 bridgehead atoms. The molecule has 2 fully saturated rings. The summed E-state index contributed by atoms with van der Waals surface area (Å²) in [6.45, 7) is 5.76. The smallest absolute Gasteiger partial charge is 0.227 e. The summed E-state index contributed by atoms with van der Waals surface area (Å²) in [5, 5.41) is 0. The summed E-state index contributed by atoms with van der Waals surface area (Å²) in [5.41, 5.74) is 0. The van der Waals surface area contributed by atoms with Gasteiger partial charge in [-0.3, -0.25) is 0 Å². The highest BCUT2D eigenvalue weighted by Crippen LogP contribution is 2.23. The Morgan fingerprint density at radius 1 is 1.41 bits per heavy atom. The van der Waals surface area contributed by atoms with Crippen molar-refractivity contribution in [3.05, 3.63) is 12.3 Å². The zero-order valence-electron chi connectivity index (χ0n) is 12.8. The van der Waals surface area contributed by atoms with Crippen molar-refractivity contribution in [2.45, 2.75) is 19.4 Å². The van der Waals surface area contributed by atoms with Crippen LogP contribution in [0.25, 0.3) is 0 Å². The minimum absolute atomic E-state index is 0.0186. The van der Waals surface area contributed by atoms with E-state index in [2.05, 4.69) is 14.9 Å². The number of nitrogens with zero attached hydrogens (tertiary/aromatic N) is 4. The van der Waals surface area contributed by atoms with E-state index in [1.807, 2.05) is 17.9 Å². The average molecular weight is 326 g/mol. The van der Waals surface area contributed by atoms with Crippen LogP contribution < -0.4 is 9.80 Å². The molecule has 0 aliphatic carbocycles. The summed E-state index contributed by atoms with van der Waals surface area (Å²) in [7, 11) is -2.91. The molecular weight excluding hydrogens is 304 g/mol. The van der Waals surface area contributed by atoms with Gasteiger partial charge in [-0.1, -0.05) is 0 Å². The van der Waals surface area contributed by atoms with E-state index < -0.39 is 9.84 Å². The number of rotatable bonds is 4. The predicted molar refractivity (Wildman–Crippen MR) is 85.1 cm³/mol. The van der Waals surface area contributed by atoms with Gasteiger partial charge < -0.3 is 14.5 Å². The van der Waals surface area contributed by atoms with Crippen LogP contribution in [0.5, 0.6) is 0 Å². The number of hydrogen-bond donors (Lipinski definition) is 0. The first-order valence-electron chi connectivity index (χ1n) is 7.72. The molecule has 2 aliphatic rings. The lowest BCUT2D eigenvalue weighted by Gasteiger charge is -2.30. The molecule has 3 heterocycles. The lowest BCUT2D eigenvalue weighted by Crippen LogP contribution is -2.39. The Labute approximate surface area is 131 Å². The molecule has 122 valence electrons. The number of ether oxygens (including phenoxy) is 1. The number of anilines is 2. The summed E-state index contributed by atoms with van der Waals surface area (Å²) in [4.78, 5) is 13.2. The predicted octanol–water partition coefficient (Wildman–Crippen LogP) is 0.327. The standard InChI is InChI=1S/C14H22N4O3S/c1-2-18(12-4-10-22(19,20)11-12)14-15-5-3-13(16-14)17-6-8-21-9-7-17/h3,5,12H,2,4,6-11H2,1H3. The third-order valence-corrected chi connectivity index (χ3v) is 5.96. The number of aromatic nitrogens is 2. The van der Waals surface area contributed by atoms with Gasteiger partial charge in [-0.25, -0.2) is 13.4 Å². The van der Waals surface area contributed by atoms with Gasteiger partial charge in [0.1, 0.15) is 5.82 Å². The van der Waals surface area contributed by atoms with Crippen LogP contribution in [0.15, 0.2) is 12.3 Å². The third-order valence-electron chi connectivity index (χ3n) is 4.21. The Hall–Kier alpha value is -1.41. The van der Waals surface area contributed by atoms with Crippen molar-refractivity contribution in [2.24, 2.45) is 0 Å². The minimum atomic E-state index is -2.91. The van der Waals surface area contributed by atoms with E-state index in [9.17, 15) is 8.42 Å². The van der Waals surface area contributed by atoms with Crippen molar-refractivity contribution in [1.29, 1.82) is 0 Å². The summed E-state index contributed by atoms with van der Waals surface area (Å²) >= 11 is 0. The summed E-state index contributed by atoms with van der Waals surface area (Å²) in [6, 6.07) is 1.88. The van der Waals surface area contributed by atoms with Gasteiger partial charge in [-0.2, -0.15) is 4.98 Å². The van der Waals surface area contributed by atoms with Crippen molar-refractivity contribution >= 4 is 21.6 Å². The summed E-state index contributed by atoms with van der Waals surface area (Å²) in [6.07, 6.45) is 2.40. The first kappa shape index (κ1) is 15.5. The van der Waals surface area contributed by atoms with E-state index in [0.29, 0.717) is 32.1 Å².